The molecule has 0 fully saturated rings. The average molecular weight is 411 g/mol. The molecule has 0 heterocycles. The lowest BCUT2D eigenvalue weighted by Gasteiger charge is -2.19. The number of hydrogen-bond donors (Lipinski definition) is 0. The van der Waals surface area contributed by atoms with Crippen LogP contribution in [0.2, 0.25) is 0 Å². The molecule has 0 aliphatic heterocycles. The van der Waals surface area contributed by atoms with Crippen LogP contribution in [-0.2, 0) is 9.53 Å². The molecule has 0 amide bonds. The van der Waals surface area contributed by atoms with Gasteiger partial charge in [-0.05, 0) is 25.2 Å². The number of ether oxygens (including phenoxy) is 1. The zero-order valence-corrected chi connectivity index (χ0v) is 20.6. The van der Waals surface area contributed by atoms with Crippen LogP contribution in [0.4, 0.5) is 0 Å². The van der Waals surface area contributed by atoms with Gasteiger partial charge in [0.25, 0.3) is 0 Å². The quantitative estimate of drug-likeness (QED) is 0.131. The molecule has 0 rings (SSSR count). The maximum atomic E-state index is 12.3. The van der Waals surface area contributed by atoms with Crippen molar-refractivity contribution >= 4 is 5.97 Å². The van der Waals surface area contributed by atoms with Crippen LogP contribution >= 0.6 is 0 Å². The highest BCUT2D eigenvalue weighted by Gasteiger charge is 2.17. The first kappa shape index (κ1) is 28.5. The number of carbonyl (C=O) groups excluding carboxylic acids is 1. The van der Waals surface area contributed by atoms with Gasteiger partial charge in [-0.15, -0.1) is 0 Å². The molecular formula is C27H54O2. The minimum absolute atomic E-state index is 0.0352. The summed E-state index contributed by atoms with van der Waals surface area (Å²) in [7, 11) is 0. The fourth-order valence-electron chi connectivity index (χ4n) is 4.08. The van der Waals surface area contributed by atoms with Crippen molar-refractivity contribution < 1.29 is 9.53 Å². The largest absolute Gasteiger partial charge is 0.465 e. The highest BCUT2D eigenvalue weighted by Crippen LogP contribution is 2.21. The number of rotatable bonds is 22. The van der Waals surface area contributed by atoms with E-state index in [0.29, 0.717) is 12.5 Å². The molecule has 2 heteroatoms. The Morgan fingerprint density at radius 2 is 0.966 bits per heavy atom. The van der Waals surface area contributed by atoms with Crippen LogP contribution in [0.15, 0.2) is 0 Å². The Morgan fingerprint density at radius 3 is 1.45 bits per heavy atom. The zero-order valence-electron chi connectivity index (χ0n) is 20.6. The van der Waals surface area contributed by atoms with Crippen LogP contribution in [0.25, 0.3) is 0 Å². The molecule has 0 bridgehead atoms. The molecule has 0 radical (unpaired) electrons. The second-order valence-corrected chi connectivity index (χ2v) is 9.36. The van der Waals surface area contributed by atoms with E-state index in [4.69, 9.17) is 4.74 Å². The molecule has 29 heavy (non-hydrogen) atoms. The van der Waals surface area contributed by atoms with Gasteiger partial charge in [0.1, 0.15) is 0 Å². The maximum absolute atomic E-state index is 12.3. The molecule has 0 N–H and O–H groups in total. The summed E-state index contributed by atoms with van der Waals surface area (Å²) in [6.45, 7) is 9.45. The van der Waals surface area contributed by atoms with E-state index in [9.17, 15) is 4.79 Å². The SMILES string of the molecule is CCCCCCCCCCC(CCCCCCC)COC(=O)C(C)CCCCC. The van der Waals surface area contributed by atoms with Gasteiger partial charge in [0.15, 0.2) is 0 Å². The summed E-state index contributed by atoms with van der Waals surface area (Å²) in [6, 6.07) is 0. The third-order valence-corrected chi connectivity index (χ3v) is 6.29. The molecule has 0 saturated heterocycles. The third-order valence-electron chi connectivity index (χ3n) is 6.29. The monoisotopic (exact) mass is 410 g/mol. The Morgan fingerprint density at radius 1 is 0.586 bits per heavy atom. The molecule has 2 atom stereocenters. The third kappa shape index (κ3) is 19.2. The summed E-state index contributed by atoms with van der Waals surface area (Å²) in [5, 5.41) is 0. The van der Waals surface area contributed by atoms with Crippen LogP contribution in [0.1, 0.15) is 150 Å². The normalized spacial score (nSPS) is 13.4. The number of hydrogen-bond acceptors (Lipinski definition) is 2. The van der Waals surface area contributed by atoms with Gasteiger partial charge in [-0.25, -0.2) is 0 Å². The standard InChI is InChI=1S/C27H54O2/c1-5-8-11-13-14-15-17-20-23-26(22-19-16-12-9-6-2)24-29-27(28)25(4)21-18-10-7-3/h25-26H,5-24H2,1-4H3. The molecule has 0 aromatic carbocycles. The highest BCUT2D eigenvalue weighted by molar-refractivity contribution is 5.71. The van der Waals surface area contributed by atoms with Gasteiger partial charge in [0, 0.05) is 0 Å². The van der Waals surface area contributed by atoms with Gasteiger partial charge in [-0.3, -0.25) is 4.79 Å². The molecule has 174 valence electrons. The Kier molecular flexibility index (Phi) is 21.8. The summed E-state index contributed by atoms with van der Waals surface area (Å²) >= 11 is 0. The van der Waals surface area contributed by atoms with Crippen molar-refractivity contribution in [3.05, 3.63) is 0 Å². The first-order valence-electron chi connectivity index (χ1n) is 13.3. The summed E-state index contributed by atoms with van der Waals surface area (Å²) in [6.07, 6.45) is 24.6. The van der Waals surface area contributed by atoms with Crippen LogP contribution in [-0.4, -0.2) is 12.6 Å². The molecule has 2 unspecified atom stereocenters. The number of carbonyl (C=O) groups is 1. The van der Waals surface area contributed by atoms with E-state index in [0.717, 1.165) is 12.8 Å². The van der Waals surface area contributed by atoms with Gasteiger partial charge in [-0.2, -0.15) is 0 Å². The first-order chi connectivity index (χ1) is 14.2. The Labute approximate surface area is 184 Å². The van der Waals surface area contributed by atoms with E-state index in [1.54, 1.807) is 0 Å². The van der Waals surface area contributed by atoms with E-state index < -0.39 is 0 Å². The molecule has 0 aliphatic carbocycles. The van der Waals surface area contributed by atoms with Crippen molar-refractivity contribution in [2.45, 2.75) is 150 Å². The second kappa shape index (κ2) is 22.2. The fraction of sp³-hybridized carbons (Fsp3) is 0.963. The Hall–Kier alpha value is -0.530. The van der Waals surface area contributed by atoms with E-state index >= 15 is 0 Å². The molecule has 0 spiro atoms. The molecule has 2 nitrogen and oxygen atoms in total. The summed E-state index contributed by atoms with van der Waals surface area (Å²) in [4.78, 5) is 12.3. The van der Waals surface area contributed by atoms with Gasteiger partial charge >= 0.3 is 5.97 Å². The van der Waals surface area contributed by atoms with Gasteiger partial charge in [0.05, 0.1) is 12.5 Å². The number of unbranched alkanes of at least 4 members (excludes halogenated alkanes) is 13. The molecular weight excluding hydrogens is 356 g/mol. The summed E-state index contributed by atoms with van der Waals surface area (Å²) < 4.78 is 5.76. The van der Waals surface area contributed by atoms with Crippen molar-refractivity contribution in [2.24, 2.45) is 11.8 Å². The average Bonchev–Trinajstić information content (AvgIpc) is 2.72. The van der Waals surface area contributed by atoms with E-state index in [1.165, 1.54) is 109 Å². The molecule has 0 aromatic heterocycles. The minimum Gasteiger partial charge on any atom is -0.465 e. The lowest BCUT2D eigenvalue weighted by molar-refractivity contribution is -0.149. The van der Waals surface area contributed by atoms with Gasteiger partial charge in [-0.1, -0.05) is 130 Å². The van der Waals surface area contributed by atoms with Gasteiger partial charge < -0.3 is 4.74 Å². The van der Waals surface area contributed by atoms with E-state index in [1.807, 2.05) is 6.92 Å². The smallest absolute Gasteiger partial charge is 0.308 e. The summed E-state index contributed by atoms with van der Waals surface area (Å²) in [5.41, 5.74) is 0. The predicted octanol–water partition coefficient (Wildman–Crippen LogP) is 9.25. The van der Waals surface area contributed by atoms with Crippen LogP contribution in [0, 0.1) is 11.8 Å². The summed E-state index contributed by atoms with van der Waals surface area (Å²) in [5.74, 6) is 0.673. The number of esters is 1. The topological polar surface area (TPSA) is 26.3 Å². The predicted molar refractivity (Wildman–Crippen MR) is 128 cm³/mol. The van der Waals surface area contributed by atoms with Crippen molar-refractivity contribution in [2.75, 3.05) is 6.61 Å². The van der Waals surface area contributed by atoms with Gasteiger partial charge in [0.2, 0.25) is 0 Å². The molecule has 0 aromatic rings. The zero-order chi connectivity index (χ0) is 21.6. The highest BCUT2D eigenvalue weighted by atomic mass is 16.5. The Bertz CT molecular complexity index is 339. The fourth-order valence-corrected chi connectivity index (χ4v) is 4.08. The minimum atomic E-state index is 0.0352. The van der Waals surface area contributed by atoms with Crippen molar-refractivity contribution in [1.29, 1.82) is 0 Å². The lowest BCUT2D eigenvalue weighted by atomic mass is 9.94. The van der Waals surface area contributed by atoms with Crippen LogP contribution < -0.4 is 0 Å². The molecule has 0 aliphatic rings. The second-order valence-electron chi connectivity index (χ2n) is 9.36. The van der Waals surface area contributed by atoms with Crippen molar-refractivity contribution in [3.8, 4) is 0 Å². The van der Waals surface area contributed by atoms with Crippen molar-refractivity contribution in [1.82, 2.24) is 0 Å². The van der Waals surface area contributed by atoms with Crippen LogP contribution in [0.3, 0.4) is 0 Å². The molecule has 0 saturated carbocycles. The first-order valence-corrected chi connectivity index (χ1v) is 13.3. The van der Waals surface area contributed by atoms with Crippen LogP contribution in [0.5, 0.6) is 0 Å². The lowest BCUT2D eigenvalue weighted by Crippen LogP contribution is -2.19. The van der Waals surface area contributed by atoms with Crippen molar-refractivity contribution in [3.63, 3.8) is 0 Å². The van der Waals surface area contributed by atoms with E-state index in [-0.39, 0.29) is 11.9 Å². The Balaban J connectivity index is 4.09. The maximum Gasteiger partial charge on any atom is 0.308 e. The van der Waals surface area contributed by atoms with E-state index in [2.05, 4.69) is 20.8 Å².